The van der Waals surface area contributed by atoms with Gasteiger partial charge in [0.15, 0.2) is 0 Å². The van der Waals surface area contributed by atoms with Crippen molar-refractivity contribution >= 4 is 40.5 Å². The number of aryl methyl sites for hydroxylation is 2. The van der Waals surface area contributed by atoms with Crippen molar-refractivity contribution in [2.75, 3.05) is 10.6 Å². The first-order chi connectivity index (χ1) is 15.1. The highest BCUT2D eigenvalue weighted by molar-refractivity contribution is 7.16. The summed E-state index contributed by atoms with van der Waals surface area (Å²) in [5.41, 5.74) is 3.00. The first kappa shape index (κ1) is 21.7. The first-order valence-corrected chi connectivity index (χ1v) is 12.5. The van der Waals surface area contributed by atoms with E-state index in [1.54, 1.807) is 22.7 Å². The molecule has 2 N–H and O–H groups in total. The van der Waals surface area contributed by atoms with Crippen molar-refractivity contribution < 1.29 is 0 Å². The van der Waals surface area contributed by atoms with Crippen LogP contribution in [0.1, 0.15) is 53.7 Å². The molecule has 1 fully saturated rings. The molecule has 3 aromatic rings. The van der Waals surface area contributed by atoms with Crippen molar-refractivity contribution in [3.63, 3.8) is 0 Å². The second-order valence-corrected chi connectivity index (χ2v) is 9.83. The van der Waals surface area contributed by atoms with Gasteiger partial charge >= 0.3 is 0 Å². The molecule has 1 saturated carbocycles. The lowest BCUT2D eigenvalue weighted by Gasteiger charge is -2.18. The summed E-state index contributed by atoms with van der Waals surface area (Å²) in [5, 5.41) is 10.2. The average Bonchev–Trinajstić information content (AvgIpc) is 3.50. The number of anilines is 2. The van der Waals surface area contributed by atoms with Gasteiger partial charge in [-0.25, -0.2) is 9.97 Å². The summed E-state index contributed by atoms with van der Waals surface area (Å²) < 4.78 is 0. The highest BCUT2D eigenvalue weighted by Gasteiger charge is 2.22. The van der Waals surface area contributed by atoms with Crippen molar-refractivity contribution in [3.05, 3.63) is 56.9 Å². The van der Waals surface area contributed by atoms with Gasteiger partial charge in [0.05, 0.1) is 28.4 Å². The van der Waals surface area contributed by atoms with Crippen molar-refractivity contribution in [1.29, 1.82) is 0 Å². The van der Waals surface area contributed by atoms with Crippen LogP contribution in [-0.2, 0) is 6.54 Å². The van der Waals surface area contributed by atoms with E-state index in [1.165, 1.54) is 35.4 Å². The summed E-state index contributed by atoms with van der Waals surface area (Å²) in [6, 6.07) is 4.66. The largest absolute Gasteiger partial charge is 0.367 e. The Kier molecular flexibility index (Phi) is 7.14. The smallest absolute Gasteiger partial charge is 0.225 e. The van der Waals surface area contributed by atoms with Crippen LogP contribution in [0.25, 0.3) is 16.6 Å². The Bertz CT molecular complexity index is 1060. The Balaban J connectivity index is 1.67. The molecular formula is C24H29N5S2. The molecule has 162 valence electrons. The molecule has 0 saturated heterocycles. The monoisotopic (exact) mass is 451 g/mol. The highest BCUT2D eigenvalue weighted by Crippen LogP contribution is 2.36. The summed E-state index contributed by atoms with van der Waals surface area (Å²) in [6.07, 6.45) is 13.2. The summed E-state index contributed by atoms with van der Waals surface area (Å²) in [4.78, 5) is 17.0. The number of rotatable bonds is 8. The van der Waals surface area contributed by atoms with E-state index < -0.39 is 0 Å². The van der Waals surface area contributed by atoms with Crippen LogP contribution in [0.4, 0.5) is 11.8 Å². The topological polar surface area (TPSA) is 62.7 Å². The van der Waals surface area contributed by atoms with E-state index in [9.17, 15) is 0 Å². The number of nitrogens with zero attached hydrogens (tertiary/aromatic N) is 3. The maximum absolute atomic E-state index is 4.90. The minimum Gasteiger partial charge on any atom is -0.367 e. The van der Waals surface area contributed by atoms with Crippen LogP contribution >= 0.6 is 22.7 Å². The lowest BCUT2D eigenvalue weighted by atomic mass is 10.2. The number of nitrogens with one attached hydrogen (secondary N) is 2. The van der Waals surface area contributed by atoms with Crippen LogP contribution in [-0.4, -0.2) is 21.0 Å². The van der Waals surface area contributed by atoms with Gasteiger partial charge in [0.2, 0.25) is 5.95 Å². The number of allylic oxidation sites excluding steroid dienone is 3. The number of aromatic nitrogens is 3. The molecule has 0 amide bonds. The van der Waals surface area contributed by atoms with Gasteiger partial charge in [-0.05, 0) is 51.1 Å². The van der Waals surface area contributed by atoms with Gasteiger partial charge in [0, 0.05) is 10.9 Å². The van der Waals surface area contributed by atoms with E-state index in [1.807, 2.05) is 19.1 Å². The number of hydrogen-bond donors (Lipinski definition) is 2. The number of thiazole rings is 1. The van der Waals surface area contributed by atoms with Crippen molar-refractivity contribution in [2.45, 2.75) is 59.0 Å². The molecule has 4 rings (SSSR count). The second kappa shape index (κ2) is 10.2. The summed E-state index contributed by atoms with van der Waals surface area (Å²) in [5.74, 6) is 1.56. The fourth-order valence-corrected chi connectivity index (χ4v) is 5.50. The summed E-state index contributed by atoms with van der Waals surface area (Å²) in [7, 11) is 0. The predicted octanol–water partition coefficient (Wildman–Crippen LogP) is 6.83. The molecule has 0 bridgehead atoms. The molecule has 31 heavy (non-hydrogen) atoms. The van der Waals surface area contributed by atoms with Gasteiger partial charge in [-0.1, -0.05) is 37.1 Å². The van der Waals surface area contributed by atoms with E-state index >= 15 is 0 Å². The average molecular weight is 452 g/mol. The molecule has 1 aliphatic carbocycles. The zero-order valence-electron chi connectivity index (χ0n) is 18.3. The Morgan fingerprint density at radius 3 is 2.68 bits per heavy atom. The third-order valence-electron chi connectivity index (χ3n) is 5.38. The molecule has 3 aromatic heterocycles. The molecule has 0 spiro atoms. The van der Waals surface area contributed by atoms with E-state index in [2.05, 4.69) is 54.1 Å². The maximum Gasteiger partial charge on any atom is 0.225 e. The van der Waals surface area contributed by atoms with Crippen LogP contribution < -0.4 is 10.6 Å². The molecule has 0 unspecified atom stereocenters. The lowest BCUT2D eigenvalue weighted by molar-refractivity contribution is 0.750. The van der Waals surface area contributed by atoms with E-state index in [0.29, 0.717) is 12.0 Å². The lowest BCUT2D eigenvalue weighted by Crippen LogP contribution is -2.18. The van der Waals surface area contributed by atoms with Gasteiger partial charge in [0.25, 0.3) is 0 Å². The van der Waals surface area contributed by atoms with Crippen LogP contribution in [0, 0.1) is 13.8 Å². The third-order valence-corrected chi connectivity index (χ3v) is 7.40. The van der Waals surface area contributed by atoms with Gasteiger partial charge < -0.3 is 10.6 Å². The van der Waals surface area contributed by atoms with Crippen molar-refractivity contribution in [1.82, 2.24) is 15.0 Å². The van der Waals surface area contributed by atoms with E-state index in [-0.39, 0.29) is 0 Å². The van der Waals surface area contributed by atoms with Gasteiger partial charge in [-0.2, -0.15) is 4.98 Å². The molecule has 5 nitrogen and oxygen atoms in total. The van der Waals surface area contributed by atoms with Gasteiger partial charge in [-0.3, -0.25) is 0 Å². The predicted molar refractivity (Wildman–Crippen MR) is 134 cm³/mol. The standard InChI is InChI=1S/C24H29N5S2/c1-4-5-6-13-20-16(2)26-23(31-20)21-17(3)27-24(25-15-19-12-9-14-30-19)29-22(21)28-18-10-7-8-11-18/h4-6,9,12-14,18H,7-8,10-11,15H2,1-3H3,(H2,25,27,28,29)/b5-4-,13-6-. The summed E-state index contributed by atoms with van der Waals surface area (Å²) >= 11 is 3.43. The molecule has 0 radical (unpaired) electrons. The molecule has 0 aliphatic heterocycles. The molecular weight excluding hydrogens is 422 g/mol. The summed E-state index contributed by atoms with van der Waals surface area (Å²) in [6.45, 7) is 6.87. The van der Waals surface area contributed by atoms with Crippen LogP contribution in [0.5, 0.6) is 0 Å². The molecule has 3 heterocycles. The zero-order chi connectivity index (χ0) is 21.6. The normalized spacial score (nSPS) is 14.8. The van der Waals surface area contributed by atoms with Crippen LogP contribution in [0.2, 0.25) is 0 Å². The third kappa shape index (κ3) is 5.40. The molecule has 0 aromatic carbocycles. The van der Waals surface area contributed by atoms with Crippen molar-refractivity contribution in [3.8, 4) is 10.6 Å². The maximum atomic E-state index is 4.90. The van der Waals surface area contributed by atoms with Crippen LogP contribution in [0.15, 0.2) is 35.7 Å². The van der Waals surface area contributed by atoms with Crippen molar-refractivity contribution in [2.24, 2.45) is 0 Å². The van der Waals surface area contributed by atoms with Gasteiger partial charge in [0.1, 0.15) is 10.8 Å². The van der Waals surface area contributed by atoms with E-state index in [0.717, 1.165) is 34.3 Å². The number of hydrogen-bond acceptors (Lipinski definition) is 7. The fourth-order valence-electron chi connectivity index (χ4n) is 3.78. The Hall–Kier alpha value is -2.51. The minimum absolute atomic E-state index is 0.466. The minimum atomic E-state index is 0.466. The SMILES string of the molecule is C/C=C\C=C/c1sc(-c2c(C)nc(NCc3cccs3)nc2NC2CCCC2)nc1C. The molecule has 7 heteroatoms. The first-order valence-electron chi connectivity index (χ1n) is 10.8. The molecule has 1 aliphatic rings. The Morgan fingerprint density at radius 1 is 1.10 bits per heavy atom. The highest BCUT2D eigenvalue weighted by atomic mass is 32.1. The molecule has 0 atom stereocenters. The quantitative estimate of drug-likeness (QED) is 0.367. The fraction of sp³-hybridized carbons (Fsp3) is 0.375. The number of thiophene rings is 1. The van der Waals surface area contributed by atoms with Gasteiger partial charge in [-0.15, -0.1) is 22.7 Å². The Labute approximate surface area is 192 Å². The zero-order valence-corrected chi connectivity index (χ0v) is 19.9. The Morgan fingerprint density at radius 2 is 1.94 bits per heavy atom. The van der Waals surface area contributed by atoms with E-state index in [4.69, 9.17) is 15.0 Å². The second-order valence-electron chi connectivity index (χ2n) is 7.77. The van der Waals surface area contributed by atoms with Crippen LogP contribution in [0.3, 0.4) is 0 Å².